The van der Waals surface area contributed by atoms with Crippen LogP contribution in [0.25, 0.3) is 0 Å². The minimum Gasteiger partial charge on any atom is -0.330 e. The summed E-state index contributed by atoms with van der Waals surface area (Å²) in [6.07, 6.45) is 1.06. The fourth-order valence-electron chi connectivity index (χ4n) is 0.944. The number of nitrogens with two attached hydrogens (primary N) is 2. The first kappa shape index (κ1) is 9.88. The van der Waals surface area contributed by atoms with Gasteiger partial charge in [-0.15, -0.1) is 0 Å². The minimum absolute atomic E-state index is 0.266. The molecule has 1 atom stereocenters. The molecule has 0 aliphatic rings. The maximum atomic E-state index is 5.59. The molecule has 4 N–H and O–H groups in total. The lowest BCUT2D eigenvalue weighted by Crippen LogP contribution is -2.34. The summed E-state index contributed by atoms with van der Waals surface area (Å²) in [6.45, 7) is 4.79. The molecule has 0 saturated carbocycles. The Kier molecular flexibility index (Phi) is 5.58. The Hall–Kier alpha value is -0.120. The normalized spacial score (nSPS) is 14.1. The molecule has 0 aliphatic carbocycles. The third-order valence-corrected chi connectivity index (χ3v) is 1.34. The van der Waals surface area contributed by atoms with Gasteiger partial charge < -0.3 is 16.4 Å². The Morgan fingerprint density at radius 2 is 2.10 bits per heavy atom. The maximum Gasteiger partial charge on any atom is 0.0139 e. The summed E-state index contributed by atoms with van der Waals surface area (Å²) in [6, 6.07) is 0.266. The van der Waals surface area contributed by atoms with Gasteiger partial charge in [0.15, 0.2) is 0 Å². The van der Waals surface area contributed by atoms with E-state index in [0.29, 0.717) is 0 Å². The molecule has 0 heterocycles. The van der Waals surface area contributed by atoms with E-state index < -0.39 is 0 Å². The van der Waals surface area contributed by atoms with Gasteiger partial charge in [0.1, 0.15) is 0 Å². The number of nitrogens with zero attached hydrogens (tertiary/aromatic N) is 1. The fourth-order valence-corrected chi connectivity index (χ4v) is 0.944. The molecule has 0 radical (unpaired) electrons. The van der Waals surface area contributed by atoms with Gasteiger partial charge in [0, 0.05) is 12.6 Å². The van der Waals surface area contributed by atoms with E-state index in [4.69, 9.17) is 11.5 Å². The zero-order chi connectivity index (χ0) is 7.98. The number of likely N-dealkylation sites (N-methyl/N-ethyl adjacent to an activating group) is 1. The molecule has 3 nitrogen and oxygen atoms in total. The molecule has 0 amide bonds. The van der Waals surface area contributed by atoms with Crippen molar-refractivity contribution in [2.24, 2.45) is 11.5 Å². The van der Waals surface area contributed by atoms with Crippen molar-refractivity contribution in [2.45, 2.75) is 19.4 Å². The Labute approximate surface area is 63.4 Å². The van der Waals surface area contributed by atoms with Crippen molar-refractivity contribution in [2.75, 3.05) is 26.7 Å². The lowest BCUT2D eigenvalue weighted by Gasteiger charge is -2.17. The van der Waals surface area contributed by atoms with E-state index in [0.717, 1.165) is 26.1 Å². The largest absolute Gasteiger partial charge is 0.330 e. The molecule has 10 heavy (non-hydrogen) atoms. The zero-order valence-corrected chi connectivity index (χ0v) is 7.01. The van der Waals surface area contributed by atoms with Gasteiger partial charge in [0.2, 0.25) is 0 Å². The summed E-state index contributed by atoms with van der Waals surface area (Å²) < 4.78 is 0. The van der Waals surface area contributed by atoms with Gasteiger partial charge >= 0.3 is 0 Å². The summed E-state index contributed by atoms with van der Waals surface area (Å²) in [7, 11) is 2.07. The first-order chi connectivity index (χ1) is 4.66. The molecular weight excluding hydrogens is 126 g/mol. The van der Waals surface area contributed by atoms with Crippen LogP contribution in [0.1, 0.15) is 13.3 Å². The van der Waals surface area contributed by atoms with Crippen LogP contribution in [0.5, 0.6) is 0 Å². The number of hydrogen-bond acceptors (Lipinski definition) is 3. The fraction of sp³-hybridized carbons (Fsp3) is 1.00. The lowest BCUT2D eigenvalue weighted by molar-refractivity contribution is 0.315. The van der Waals surface area contributed by atoms with Crippen molar-refractivity contribution >= 4 is 0 Å². The minimum atomic E-state index is 0.266. The molecule has 0 aromatic heterocycles. The van der Waals surface area contributed by atoms with Crippen LogP contribution in [0.2, 0.25) is 0 Å². The van der Waals surface area contributed by atoms with Crippen LogP contribution < -0.4 is 11.5 Å². The van der Waals surface area contributed by atoms with Gasteiger partial charge in [0.25, 0.3) is 0 Å². The molecule has 0 rings (SSSR count). The van der Waals surface area contributed by atoms with Crippen LogP contribution in [-0.2, 0) is 0 Å². The maximum absolute atomic E-state index is 5.59. The van der Waals surface area contributed by atoms with E-state index in [1.165, 1.54) is 0 Å². The van der Waals surface area contributed by atoms with Gasteiger partial charge in [-0.25, -0.2) is 0 Å². The molecule has 3 heteroatoms. The molecule has 0 aliphatic heterocycles. The summed E-state index contributed by atoms with van der Waals surface area (Å²) >= 11 is 0. The molecule has 0 bridgehead atoms. The topological polar surface area (TPSA) is 55.3 Å². The van der Waals surface area contributed by atoms with E-state index >= 15 is 0 Å². The van der Waals surface area contributed by atoms with Crippen LogP contribution in [-0.4, -0.2) is 37.6 Å². The van der Waals surface area contributed by atoms with Gasteiger partial charge in [-0.2, -0.15) is 0 Å². The van der Waals surface area contributed by atoms with E-state index in [2.05, 4.69) is 11.9 Å². The predicted molar refractivity (Wildman–Crippen MR) is 44.8 cm³/mol. The Morgan fingerprint density at radius 1 is 1.50 bits per heavy atom. The average Bonchev–Trinajstić information content (AvgIpc) is 1.82. The second-order valence-corrected chi connectivity index (χ2v) is 2.88. The van der Waals surface area contributed by atoms with Crippen LogP contribution in [0.15, 0.2) is 0 Å². The van der Waals surface area contributed by atoms with Gasteiger partial charge in [0.05, 0.1) is 0 Å². The Bertz CT molecular complexity index is 73.3. The standard InChI is InChI=1S/C7H19N3/c1-7(9)6-10(2)5-3-4-8/h7H,3-6,8-9H2,1-2H3. The quantitative estimate of drug-likeness (QED) is 0.554. The van der Waals surface area contributed by atoms with Gasteiger partial charge in [-0.05, 0) is 33.5 Å². The van der Waals surface area contributed by atoms with Crippen LogP contribution in [0.3, 0.4) is 0 Å². The van der Waals surface area contributed by atoms with E-state index in [9.17, 15) is 0 Å². The van der Waals surface area contributed by atoms with Gasteiger partial charge in [-0.1, -0.05) is 0 Å². The van der Waals surface area contributed by atoms with Crippen molar-refractivity contribution in [3.05, 3.63) is 0 Å². The Balaban J connectivity index is 3.16. The molecule has 0 saturated heterocycles. The predicted octanol–water partition coefficient (Wildman–Crippen LogP) is -0.386. The zero-order valence-electron chi connectivity index (χ0n) is 7.01. The highest BCUT2D eigenvalue weighted by Crippen LogP contribution is 1.86. The highest BCUT2D eigenvalue weighted by Gasteiger charge is 1.99. The smallest absolute Gasteiger partial charge is 0.0139 e. The Morgan fingerprint density at radius 3 is 2.50 bits per heavy atom. The van der Waals surface area contributed by atoms with E-state index in [-0.39, 0.29) is 6.04 Å². The molecule has 0 spiro atoms. The lowest BCUT2D eigenvalue weighted by atomic mass is 10.3. The van der Waals surface area contributed by atoms with E-state index in [1.807, 2.05) is 6.92 Å². The van der Waals surface area contributed by atoms with Crippen molar-refractivity contribution in [3.8, 4) is 0 Å². The SMILES string of the molecule is CC(N)CN(C)CCCN. The van der Waals surface area contributed by atoms with Crippen molar-refractivity contribution in [1.29, 1.82) is 0 Å². The third kappa shape index (κ3) is 6.01. The summed E-state index contributed by atoms with van der Waals surface area (Å²) in [5, 5.41) is 0. The molecule has 0 aromatic carbocycles. The second-order valence-electron chi connectivity index (χ2n) is 2.88. The molecule has 1 unspecified atom stereocenters. The summed E-state index contributed by atoms with van der Waals surface area (Å²) in [5.74, 6) is 0. The monoisotopic (exact) mass is 145 g/mol. The molecular formula is C7H19N3. The van der Waals surface area contributed by atoms with E-state index in [1.54, 1.807) is 0 Å². The molecule has 0 fully saturated rings. The number of hydrogen-bond donors (Lipinski definition) is 2. The second kappa shape index (κ2) is 5.65. The van der Waals surface area contributed by atoms with Gasteiger partial charge in [-0.3, -0.25) is 0 Å². The average molecular weight is 145 g/mol. The van der Waals surface area contributed by atoms with Crippen LogP contribution in [0, 0.1) is 0 Å². The van der Waals surface area contributed by atoms with Crippen molar-refractivity contribution < 1.29 is 0 Å². The molecule has 0 aromatic rings. The number of rotatable bonds is 5. The summed E-state index contributed by atoms with van der Waals surface area (Å²) in [5.41, 5.74) is 10.9. The molecule has 62 valence electrons. The highest BCUT2D eigenvalue weighted by atomic mass is 15.1. The van der Waals surface area contributed by atoms with Crippen LogP contribution in [0.4, 0.5) is 0 Å². The van der Waals surface area contributed by atoms with Crippen LogP contribution >= 0.6 is 0 Å². The first-order valence-electron chi connectivity index (χ1n) is 3.81. The van der Waals surface area contributed by atoms with Crippen molar-refractivity contribution in [1.82, 2.24) is 4.90 Å². The van der Waals surface area contributed by atoms with Crippen molar-refractivity contribution in [3.63, 3.8) is 0 Å². The first-order valence-corrected chi connectivity index (χ1v) is 3.81. The highest BCUT2D eigenvalue weighted by molar-refractivity contribution is 4.59. The third-order valence-electron chi connectivity index (χ3n) is 1.34. The summed E-state index contributed by atoms with van der Waals surface area (Å²) in [4.78, 5) is 2.21.